The predicted octanol–water partition coefficient (Wildman–Crippen LogP) is 2.71. The predicted molar refractivity (Wildman–Crippen MR) is 63.1 cm³/mol. The second-order valence-corrected chi connectivity index (χ2v) is 4.54. The molecule has 90 valence electrons. The summed E-state index contributed by atoms with van der Waals surface area (Å²) in [5.41, 5.74) is 0. The molecule has 0 saturated heterocycles. The molecule has 1 aromatic rings. The number of nitrogens with one attached hydrogen (secondary N) is 1. The summed E-state index contributed by atoms with van der Waals surface area (Å²) in [6.45, 7) is 2.26. The first-order valence-corrected chi connectivity index (χ1v) is 6.18. The molecule has 1 N–H and O–H groups in total. The molecular formula is C13H21NO2. The third-order valence-electron chi connectivity index (χ3n) is 3.21. The van der Waals surface area contributed by atoms with Crippen LogP contribution in [-0.2, 0) is 17.9 Å². The molecule has 0 aliphatic heterocycles. The van der Waals surface area contributed by atoms with Gasteiger partial charge in [-0.25, -0.2) is 0 Å². The molecular weight excluding hydrogens is 202 g/mol. The van der Waals surface area contributed by atoms with E-state index in [1.165, 1.54) is 25.7 Å². The van der Waals surface area contributed by atoms with Crippen LogP contribution in [-0.4, -0.2) is 13.7 Å². The zero-order valence-corrected chi connectivity index (χ0v) is 10.00. The number of furan rings is 1. The Bertz CT molecular complexity index is 305. The van der Waals surface area contributed by atoms with E-state index in [2.05, 4.69) is 5.32 Å². The molecule has 3 heteroatoms. The van der Waals surface area contributed by atoms with Crippen molar-refractivity contribution in [2.45, 2.75) is 38.8 Å². The van der Waals surface area contributed by atoms with Crippen LogP contribution in [0.15, 0.2) is 16.5 Å². The summed E-state index contributed by atoms with van der Waals surface area (Å²) in [7, 11) is 1.91. The Morgan fingerprint density at radius 2 is 2.19 bits per heavy atom. The number of rotatable bonds is 7. The Balaban J connectivity index is 1.60. The van der Waals surface area contributed by atoms with E-state index in [1.807, 2.05) is 19.2 Å². The van der Waals surface area contributed by atoms with Gasteiger partial charge in [0.2, 0.25) is 0 Å². The Kier molecular flexibility index (Phi) is 4.43. The van der Waals surface area contributed by atoms with Crippen LogP contribution in [0, 0.1) is 5.92 Å². The minimum absolute atomic E-state index is 0.608. The Hall–Kier alpha value is -0.800. The van der Waals surface area contributed by atoms with Crippen molar-refractivity contribution in [3.63, 3.8) is 0 Å². The van der Waals surface area contributed by atoms with Crippen molar-refractivity contribution in [2.75, 3.05) is 13.7 Å². The summed E-state index contributed by atoms with van der Waals surface area (Å²) < 4.78 is 11.2. The molecule has 0 spiro atoms. The highest BCUT2D eigenvalue weighted by molar-refractivity contribution is 5.06. The molecule has 1 heterocycles. The lowest BCUT2D eigenvalue weighted by molar-refractivity contribution is 0.0829. The van der Waals surface area contributed by atoms with Gasteiger partial charge in [-0.2, -0.15) is 0 Å². The lowest BCUT2D eigenvalue weighted by Crippen LogP contribution is -2.13. The Labute approximate surface area is 97.2 Å². The molecule has 3 nitrogen and oxygen atoms in total. The minimum Gasteiger partial charge on any atom is -0.462 e. The van der Waals surface area contributed by atoms with Crippen molar-refractivity contribution in [3.8, 4) is 0 Å². The molecule has 1 aliphatic carbocycles. The highest BCUT2D eigenvalue weighted by atomic mass is 16.5. The molecule has 2 rings (SSSR count). The van der Waals surface area contributed by atoms with Gasteiger partial charge in [0.05, 0.1) is 6.54 Å². The van der Waals surface area contributed by atoms with Gasteiger partial charge in [0.25, 0.3) is 0 Å². The summed E-state index contributed by atoms with van der Waals surface area (Å²) in [6, 6.07) is 4.00. The van der Waals surface area contributed by atoms with Gasteiger partial charge >= 0.3 is 0 Å². The largest absolute Gasteiger partial charge is 0.462 e. The van der Waals surface area contributed by atoms with E-state index in [9.17, 15) is 0 Å². The highest BCUT2D eigenvalue weighted by Crippen LogP contribution is 2.29. The number of ether oxygens (including phenoxy) is 1. The Morgan fingerprint density at radius 3 is 2.88 bits per heavy atom. The van der Waals surface area contributed by atoms with Crippen LogP contribution < -0.4 is 5.32 Å². The summed E-state index contributed by atoms with van der Waals surface area (Å²) >= 11 is 0. The first kappa shape index (κ1) is 11.7. The molecule has 1 saturated carbocycles. The molecule has 0 bridgehead atoms. The molecule has 1 fully saturated rings. The van der Waals surface area contributed by atoms with E-state index in [0.29, 0.717) is 6.61 Å². The van der Waals surface area contributed by atoms with Crippen molar-refractivity contribution in [3.05, 3.63) is 23.7 Å². The summed E-state index contributed by atoms with van der Waals surface area (Å²) in [6.07, 6.45) is 5.42. The molecule has 0 aromatic carbocycles. The van der Waals surface area contributed by atoms with E-state index in [1.54, 1.807) is 0 Å². The fourth-order valence-corrected chi connectivity index (χ4v) is 1.97. The highest BCUT2D eigenvalue weighted by Gasteiger charge is 2.16. The van der Waals surface area contributed by atoms with E-state index in [4.69, 9.17) is 9.15 Å². The van der Waals surface area contributed by atoms with Crippen LogP contribution >= 0.6 is 0 Å². The molecule has 0 unspecified atom stereocenters. The van der Waals surface area contributed by atoms with Crippen LogP contribution in [0.2, 0.25) is 0 Å². The zero-order chi connectivity index (χ0) is 11.2. The van der Waals surface area contributed by atoms with E-state index in [-0.39, 0.29) is 0 Å². The molecule has 16 heavy (non-hydrogen) atoms. The first-order valence-electron chi connectivity index (χ1n) is 6.18. The monoisotopic (exact) mass is 223 g/mol. The third kappa shape index (κ3) is 3.35. The summed E-state index contributed by atoms with van der Waals surface area (Å²) in [5, 5.41) is 3.06. The number of hydrogen-bond acceptors (Lipinski definition) is 3. The van der Waals surface area contributed by atoms with Crippen molar-refractivity contribution in [1.29, 1.82) is 0 Å². The molecule has 0 atom stereocenters. The lowest BCUT2D eigenvalue weighted by atomic mass is 9.83. The third-order valence-corrected chi connectivity index (χ3v) is 3.21. The van der Waals surface area contributed by atoms with Gasteiger partial charge < -0.3 is 14.5 Å². The zero-order valence-electron chi connectivity index (χ0n) is 10.00. The average molecular weight is 223 g/mol. The van der Waals surface area contributed by atoms with E-state index >= 15 is 0 Å². The van der Waals surface area contributed by atoms with Crippen molar-refractivity contribution in [2.24, 2.45) is 5.92 Å². The fraction of sp³-hybridized carbons (Fsp3) is 0.692. The maximum atomic E-state index is 5.60. The molecule has 1 aliphatic rings. The fourth-order valence-electron chi connectivity index (χ4n) is 1.97. The van der Waals surface area contributed by atoms with Crippen LogP contribution in [0.5, 0.6) is 0 Å². The van der Waals surface area contributed by atoms with Gasteiger partial charge in [-0.1, -0.05) is 19.3 Å². The molecule has 1 aromatic heterocycles. The minimum atomic E-state index is 0.608. The molecule has 0 radical (unpaired) electrons. The van der Waals surface area contributed by atoms with Gasteiger partial charge in [0, 0.05) is 6.61 Å². The summed E-state index contributed by atoms with van der Waals surface area (Å²) in [5.74, 6) is 2.83. The SMILES string of the molecule is CNCc1ccc(COCCC2CCC2)o1. The molecule has 0 amide bonds. The van der Waals surface area contributed by atoms with Gasteiger partial charge in [0.1, 0.15) is 18.1 Å². The van der Waals surface area contributed by atoms with Gasteiger partial charge in [-0.3, -0.25) is 0 Å². The van der Waals surface area contributed by atoms with Crippen LogP contribution in [0.3, 0.4) is 0 Å². The standard InChI is InChI=1S/C13H21NO2/c1-14-9-12-5-6-13(16-12)10-15-8-7-11-3-2-4-11/h5-6,11,14H,2-4,7-10H2,1H3. The van der Waals surface area contributed by atoms with Crippen LogP contribution in [0.4, 0.5) is 0 Å². The van der Waals surface area contributed by atoms with E-state index < -0.39 is 0 Å². The number of hydrogen-bond donors (Lipinski definition) is 1. The van der Waals surface area contributed by atoms with Crippen molar-refractivity contribution < 1.29 is 9.15 Å². The maximum absolute atomic E-state index is 5.60. The van der Waals surface area contributed by atoms with Crippen LogP contribution in [0.25, 0.3) is 0 Å². The first-order chi connectivity index (χ1) is 7.88. The maximum Gasteiger partial charge on any atom is 0.129 e. The quantitative estimate of drug-likeness (QED) is 0.722. The van der Waals surface area contributed by atoms with Gasteiger partial charge in [-0.05, 0) is 31.5 Å². The second-order valence-electron chi connectivity index (χ2n) is 4.54. The van der Waals surface area contributed by atoms with Gasteiger partial charge in [-0.15, -0.1) is 0 Å². The second kappa shape index (κ2) is 6.06. The average Bonchev–Trinajstić information content (AvgIpc) is 2.63. The lowest BCUT2D eigenvalue weighted by Gasteiger charge is -2.24. The Morgan fingerprint density at radius 1 is 1.38 bits per heavy atom. The van der Waals surface area contributed by atoms with Crippen molar-refractivity contribution >= 4 is 0 Å². The van der Waals surface area contributed by atoms with E-state index in [0.717, 1.165) is 30.6 Å². The topological polar surface area (TPSA) is 34.4 Å². The van der Waals surface area contributed by atoms with Gasteiger partial charge in [0.15, 0.2) is 0 Å². The smallest absolute Gasteiger partial charge is 0.129 e. The van der Waals surface area contributed by atoms with Crippen LogP contribution in [0.1, 0.15) is 37.2 Å². The van der Waals surface area contributed by atoms with Crippen molar-refractivity contribution in [1.82, 2.24) is 5.32 Å². The normalized spacial score (nSPS) is 16.3. The summed E-state index contributed by atoms with van der Waals surface area (Å²) in [4.78, 5) is 0.